The second-order valence-corrected chi connectivity index (χ2v) is 7.41. The number of halogens is 3. The van der Waals surface area contributed by atoms with Gasteiger partial charge in [-0.05, 0) is 49.9 Å². The van der Waals surface area contributed by atoms with Crippen LogP contribution in [0.3, 0.4) is 0 Å². The Bertz CT molecular complexity index is 886. The maximum Gasteiger partial charge on any atom is 0.210 e. The van der Waals surface area contributed by atoms with E-state index in [1.54, 1.807) is 26.0 Å². The van der Waals surface area contributed by atoms with Gasteiger partial charge < -0.3 is 4.74 Å². The number of thioether (sulfide) groups is 1. The van der Waals surface area contributed by atoms with Crippen LogP contribution in [-0.2, 0) is 9.53 Å². The number of ketones is 1. The minimum absolute atomic E-state index is 0.146. The molecule has 0 radical (unpaired) electrons. The van der Waals surface area contributed by atoms with Crippen molar-refractivity contribution in [1.29, 1.82) is 0 Å². The molecular formula is C19H15ClF2O2S. The largest absolute Gasteiger partial charge is 0.478 e. The molecule has 0 saturated heterocycles. The van der Waals surface area contributed by atoms with Crippen LogP contribution in [0.2, 0.25) is 5.02 Å². The molecule has 0 aromatic heterocycles. The highest BCUT2D eigenvalue weighted by Crippen LogP contribution is 2.42. The number of benzene rings is 2. The molecule has 0 amide bonds. The van der Waals surface area contributed by atoms with Crippen LogP contribution in [0, 0.1) is 11.6 Å². The van der Waals surface area contributed by atoms with E-state index in [1.807, 2.05) is 12.3 Å². The zero-order chi connectivity index (χ0) is 18.4. The molecule has 1 aliphatic rings. The number of Topliss-reactive ketones (excluding diaryl/α,β-unsaturated/α-hetero) is 1. The molecule has 25 heavy (non-hydrogen) atoms. The van der Waals surface area contributed by atoms with Crippen molar-refractivity contribution in [2.45, 2.75) is 24.3 Å². The van der Waals surface area contributed by atoms with Gasteiger partial charge in [0.25, 0.3) is 0 Å². The molecule has 2 aromatic rings. The molecule has 0 saturated carbocycles. The van der Waals surface area contributed by atoms with Gasteiger partial charge in [-0.25, -0.2) is 8.78 Å². The average molecular weight is 381 g/mol. The van der Waals surface area contributed by atoms with E-state index in [2.05, 4.69) is 0 Å². The molecule has 2 aromatic carbocycles. The van der Waals surface area contributed by atoms with E-state index in [4.69, 9.17) is 16.3 Å². The Kier molecular flexibility index (Phi) is 4.64. The van der Waals surface area contributed by atoms with Crippen LogP contribution in [0.15, 0.2) is 41.3 Å². The molecule has 2 nitrogen and oxygen atoms in total. The summed E-state index contributed by atoms with van der Waals surface area (Å²) in [6.07, 6.45) is 1.90. The van der Waals surface area contributed by atoms with Crippen molar-refractivity contribution in [3.05, 3.63) is 64.2 Å². The molecule has 1 aliphatic heterocycles. The molecule has 0 fully saturated rings. The fraction of sp³-hybridized carbons (Fsp3) is 0.211. The van der Waals surface area contributed by atoms with Gasteiger partial charge in [-0.2, -0.15) is 0 Å². The third-order valence-electron chi connectivity index (χ3n) is 3.92. The van der Waals surface area contributed by atoms with Crippen LogP contribution < -0.4 is 0 Å². The van der Waals surface area contributed by atoms with Gasteiger partial charge in [0, 0.05) is 16.5 Å². The number of carbonyl (C=O) groups is 1. The van der Waals surface area contributed by atoms with Gasteiger partial charge in [0.15, 0.2) is 5.60 Å². The van der Waals surface area contributed by atoms with Crippen molar-refractivity contribution in [2.75, 3.05) is 6.26 Å². The highest BCUT2D eigenvalue weighted by molar-refractivity contribution is 7.98. The first-order valence-corrected chi connectivity index (χ1v) is 9.11. The maximum absolute atomic E-state index is 13.7. The van der Waals surface area contributed by atoms with Crippen molar-refractivity contribution in [3.8, 4) is 0 Å². The van der Waals surface area contributed by atoms with Crippen LogP contribution in [0.25, 0.3) is 11.3 Å². The molecule has 0 bridgehead atoms. The summed E-state index contributed by atoms with van der Waals surface area (Å²) in [6, 6.07) is 8.29. The zero-order valence-electron chi connectivity index (χ0n) is 13.8. The summed E-state index contributed by atoms with van der Waals surface area (Å²) in [5.74, 6) is -1.57. The summed E-state index contributed by atoms with van der Waals surface area (Å²) in [4.78, 5) is 13.7. The van der Waals surface area contributed by atoms with Gasteiger partial charge in [0.2, 0.25) is 5.78 Å². The minimum atomic E-state index is -1.13. The number of hydrogen-bond acceptors (Lipinski definition) is 3. The van der Waals surface area contributed by atoms with E-state index in [-0.39, 0.29) is 22.7 Å². The Hall–Kier alpha value is -1.85. The van der Waals surface area contributed by atoms with Crippen LogP contribution >= 0.6 is 23.4 Å². The predicted molar refractivity (Wildman–Crippen MR) is 96.6 cm³/mol. The molecular weight excluding hydrogens is 366 g/mol. The van der Waals surface area contributed by atoms with E-state index >= 15 is 0 Å². The Labute approximate surface area is 153 Å². The number of hydrogen-bond donors (Lipinski definition) is 0. The highest BCUT2D eigenvalue weighted by Gasteiger charge is 2.43. The second-order valence-electron chi connectivity index (χ2n) is 6.15. The fourth-order valence-corrected chi connectivity index (χ4v) is 3.60. The fourth-order valence-electron chi connectivity index (χ4n) is 2.73. The summed E-state index contributed by atoms with van der Waals surface area (Å²) in [5.41, 5.74) is -0.246. The van der Waals surface area contributed by atoms with Gasteiger partial charge in [0.05, 0.1) is 10.6 Å². The number of rotatable bonds is 3. The van der Waals surface area contributed by atoms with Gasteiger partial charge in [0.1, 0.15) is 17.4 Å². The third kappa shape index (κ3) is 3.31. The lowest BCUT2D eigenvalue weighted by atomic mass is 9.92. The van der Waals surface area contributed by atoms with Crippen LogP contribution in [-0.4, -0.2) is 17.6 Å². The monoisotopic (exact) mass is 380 g/mol. The number of carbonyl (C=O) groups excluding carboxylic acids is 1. The smallest absolute Gasteiger partial charge is 0.210 e. The first kappa shape index (κ1) is 18.0. The lowest BCUT2D eigenvalue weighted by Crippen LogP contribution is -2.29. The van der Waals surface area contributed by atoms with Gasteiger partial charge in [-0.15, -0.1) is 11.8 Å². The lowest BCUT2D eigenvalue weighted by molar-refractivity contribution is -0.125. The summed E-state index contributed by atoms with van der Waals surface area (Å²) in [6.45, 7) is 3.24. The zero-order valence-corrected chi connectivity index (χ0v) is 15.4. The van der Waals surface area contributed by atoms with Crippen LogP contribution in [0.5, 0.6) is 0 Å². The average Bonchev–Trinajstić information content (AvgIpc) is 2.76. The van der Waals surface area contributed by atoms with Gasteiger partial charge in [-0.1, -0.05) is 17.7 Å². The third-order valence-corrected chi connectivity index (χ3v) is 5.14. The summed E-state index contributed by atoms with van der Waals surface area (Å²) >= 11 is 7.75. The van der Waals surface area contributed by atoms with E-state index < -0.39 is 17.2 Å². The maximum atomic E-state index is 13.7. The molecule has 0 spiro atoms. The SMILES string of the molecule is CSc1ccc(C2=C(c3cc(F)cc(F)c3)C(=O)C(C)(C)O2)cc1Cl. The van der Waals surface area contributed by atoms with Crippen LogP contribution in [0.4, 0.5) is 8.78 Å². The number of ether oxygens (including phenoxy) is 1. The van der Waals surface area contributed by atoms with Crippen molar-refractivity contribution < 1.29 is 18.3 Å². The standard InChI is InChI=1S/C19H15ClF2O2S/c1-19(2)18(23)16(11-6-12(21)9-13(22)7-11)17(24-19)10-4-5-15(25-3)14(20)8-10/h4-9H,1-3H3. The topological polar surface area (TPSA) is 26.3 Å². The van der Waals surface area contributed by atoms with Crippen molar-refractivity contribution in [1.82, 2.24) is 0 Å². The van der Waals surface area contributed by atoms with E-state index in [0.717, 1.165) is 23.1 Å². The second kappa shape index (κ2) is 6.46. The molecule has 130 valence electrons. The first-order valence-electron chi connectivity index (χ1n) is 7.51. The summed E-state index contributed by atoms with van der Waals surface area (Å²) < 4.78 is 33.2. The molecule has 3 rings (SSSR count). The normalized spacial score (nSPS) is 16.3. The summed E-state index contributed by atoms with van der Waals surface area (Å²) in [5, 5.41) is 0.517. The Morgan fingerprint density at radius 3 is 2.24 bits per heavy atom. The first-order chi connectivity index (χ1) is 11.7. The molecule has 1 heterocycles. The molecule has 6 heteroatoms. The molecule has 0 aliphatic carbocycles. The van der Waals surface area contributed by atoms with Crippen molar-refractivity contribution >= 4 is 40.5 Å². The van der Waals surface area contributed by atoms with Crippen LogP contribution in [0.1, 0.15) is 25.0 Å². The van der Waals surface area contributed by atoms with E-state index in [1.165, 1.54) is 11.8 Å². The predicted octanol–water partition coefficient (Wildman–Crippen LogP) is 5.59. The molecule has 0 atom stereocenters. The molecule has 0 unspecified atom stereocenters. The Balaban J connectivity index is 2.23. The summed E-state index contributed by atoms with van der Waals surface area (Å²) in [7, 11) is 0. The van der Waals surface area contributed by atoms with Crippen molar-refractivity contribution in [3.63, 3.8) is 0 Å². The Morgan fingerprint density at radius 1 is 1.04 bits per heavy atom. The van der Waals surface area contributed by atoms with Gasteiger partial charge in [-0.3, -0.25) is 4.79 Å². The van der Waals surface area contributed by atoms with Gasteiger partial charge >= 0.3 is 0 Å². The quantitative estimate of drug-likeness (QED) is 0.649. The Morgan fingerprint density at radius 2 is 1.68 bits per heavy atom. The highest BCUT2D eigenvalue weighted by atomic mass is 35.5. The minimum Gasteiger partial charge on any atom is -0.478 e. The van der Waals surface area contributed by atoms with Crippen molar-refractivity contribution in [2.24, 2.45) is 0 Å². The lowest BCUT2D eigenvalue weighted by Gasteiger charge is -2.18. The molecule has 0 N–H and O–H groups in total. The van der Waals surface area contributed by atoms with E-state index in [9.17, 15) is 13.6 Å². The van der Waals surface area contributed by atoms with E-state index in [0.29, 0.717) is 10.6 Å².